The van der Waals surface area contributed by atoms with Crippen molar-refractivity contribution in [1.82, 2.24) is 15.0 Å². The third kappa shape index (κ3) is 5.69. The average Bonchev–Trinajstić information content (AvgIpc) is 3.10. The van der Waals surface area contributed by atoms with Crippen molar-refractivity contribution in [2.45, 2.75) is 24.3 Å². The van der Waals surface area contributed by atoms with E-state index in [1.54, 1.807) is 25.1 Å². The third-order valence-corrected chi connectivity index (χ3v) is 4.98. The van der Waals surface area contributed by atoms with E-state index in [1.165, 1.54) is 0 Å². The summed E-state index contributed by atoms with van der Waals surface area (Å²) in [5.74, 6) is 1.62. The molecular formula is C20H25N3O3S. The van der Waals surface area contributed by atoms with E-state index in [9.17, 15) is 0 Å². The summed E-state index contributed by atoms with van der Waals surface area (Å²) in [6.07, 6.45) is 2.64. The summed E-state index contributed by atoms with van der Waals surface area (Å²) in [6.45, 7) is 4.58. The van der Waals surface area contributed by atoms with E-state index in [-0.39, 0.29) is 0 Å². The Kier molecular flexibility index (Phi) is 7.50. The van der Waals surface area contributed by atoms with Gasteiger partial charge >= 0.3 is 0 Å². The standard InChI is InChI=1S/C20H25N3O3S/c1-15-18(14-27-20-22-16-6-3-4-7-17(16)23-20)21-9-8-19(15)26-11-5-10-25-13-12-24-2/h3-4,6-9H,5,10-14H2,1-2H3,(H,22,23). The van der Waals surface area contributed by atoms with E-state index in [4.69, 9.17) is 14.2 Å². The van der Waals surface area contributed by atoms with Crippen molar-refractivity contribution >= 4 is 22.8 Å². The van der Waals surface area contributed by atoms with E-state index >= 15 is 0 Å². The lowest BCUT2D eigenvalue weighted by Gasteiger charge is -2.11. The Morgan fingerprint density at radius 1 is 1.07 bits per heavy atom. The predicted molar refractivity (Wildman–Crippen MR) is 107 cm³/mol. The lowest BCUT2D eigenvalue weighted by molar-refractivity contribution is 0.0644. The maximum absolute atomic E-state index is 5.90. The molecule has 3 rings (SSSR count). The molecule has 0 amide bonds. The monoisotopic (exact) mass is 387 g/mol. The summed E-state index contributed by atoms with van der Waals surface area (Å²) in [4.78, 5) is 12.4. The van der Waals surface area contributed by atoms with Crippen molar-refractivity contribution in [3.63, 3.8) is 0 Å². The number of aromatic nitrogens is 3. The quantitative estimate of drug-likeness (QED) is 0.396. The van der Waals surface area contributed by atoms with E-state index in [0.29, 0.717) is 26.4 Å². The lowest BCUT2D eigenvalue weighted by Crippen LogP contribution is -2.07. The van der Waals surface area contributed by atoms with Gasteiger partial charge in [0.15, 0.2) is 5.16 Å². The molecular weight excluding hydrogens is 362 g/mol. The van der Waals surface area contributed by atoms with Gasteiger partial charge in [-0.1, -0.05) is 23.9 Å². The topological polar surface area (TPSA) is 69.3 Å². The Bertz CT molecular complexity index is 820. The summed E-state index contributed by atoms with van der Waals surface area (Å²) in [7, 11) is 1.67. The van der Waals surface area contributed by atoms with E-state index < -0.39 is 0 Å². The fourth-order valence-corrected chi connectivity index (χ4v) is 3.49. The fraction of sp³-hybridized carbons (Fsp3) is 0.400. The summed E-state index contributed by atoms with van der Waals surface area (Å²) in [5.41, 5.74) is 4.11. The van der Waals surface area contributed by atoms with Gasteiger partial charge in [-0.05, 0) is 25.1 Å². The minimum absolute atomic E-state index is 0.619. The van der Waals surface area contributed by atoms with Crippen LogP contribution in [-0.4, -0.2) is 48.5 Å². The molecule has 0 saturated heterocycles. The minimum Gasteiger partial charge on any atom is -0.493 e. The van der Waals surface area contributed by atoms with Gasteiger partial charge in [0.1, 0.15) is 5.75 Å². The summed E-state index contributed by atoms with van der Waals surface area (Å²) in [5, 5.41) is 0.900. The molecule has 7 heteroatoms. The Balaban J connectivity index is 1.50. The highest BCUT2D eigenvalue weighted by atomic mass is 32.2. The van der Waals surface area contributed by atoms with Crippen LogP contribution in [0.4, 0.5) is 0 Å². The first-order chi connectivity index (χ1) is 13.3. The molecule has 0 saturated carbocycles. The number of nitrogens with one attached hydrogen (secondary N) is 1. The van der Waals surface area contributed by atoms with E-state index in [0.717, 1.165) is 45.4 Å². The molecule has 1 N–H and O–H groups in total. The number of pyridine rings is 1. The van der Waals surface area contributed by atoms with Gasteiger partial charge < -0.3 is 19.2 Å². The number of nitrogens with zero attached hydrogens (tertiary/aromatic N) is 2. The summed E-state index contributed by atoms with van der Waals surface area (Å²) >= 11 is 1.65. The zero-order valence-corrected chi connectivity index (χ0v) is 16.6. The number of rotatable bonds is 11. The summed E-state index contributed by atoms with van der Waals surface area (Å²) in [6, 6.07) is 9.95. The van der Waals surface area contributed by atoms with Gasteiger partial charge in [0, 0.05) is 37.7 Å². The first kappa shape index (κ1) is 19.7. The van der Waals surface area contributed by atoms with Crippen LogP contribution >= 0.6 is 11.8 Å². The smallest absolute Gasteiger partial charge is 0.166 e. The van der Waals surface area contributed by atoms with Crippen LogP contribution in [0.1, 0.15) is 17.7 Å². The number of hydrogen-bond donors (Lipinski definition) is 1. The van der Waals surface area contributed by atoms with Gasteiger partial charge in [-0.3, -0.25) is 4.98 Å². The largest absolute Gasteiger partial charge is 0.493 e. The van der Waals surface area contributed by atoms with E-state index in [1.807, 2.05) is 37.3 Å². The molecule has 6 nitrogen and oxygen atoms in total. The number of H-pyrrole nitrogens is 1. The Labute approximate surface area is 163 Å². The van der Waals surface area contributed by atoms with Crippen molar-refractivity contribution in [2.75, 3.05) is 33.5 Å². The second kappa shape index (κ2) is 10.3. The Morgan fingerprint density at radius 2 is 1.96 bits per heavy atom. The molecule has 1 aromatic carbocycles. The highest BCUT2D eigenvalue weighted by molar-refractivity contribution is 7.98. The van der Waals surface area contributed by atoms with Gasteiger partial charge in [0.25, 0.3) is 0 Å². The SMILES string of the molecule is COCCOCCCOc1ccnc(CSc2nc3ccccc3[nH]2)c1C. The van der Waals surface area contributed by atoms with Gasteiger partial charge in [-0.25, -0.2) is 4.98 Å². The zero-order valence-electron chi connectivity index (χ0n) is 15.7. The number of benzene rings is 1. The molecule has 0 unspecified atom stereocenters. The highest BCUT2D eigenvalue weighted by Crippen LogP contribution is 2.27. The number of fused-ring (bicyclic) bond motifs is 1. The van der Waals surface area contributed by atoms with Crippen LogP contribution in [0.2, 0.25) is 0 Å². The molecule has 0 spiro atoms. The second-order valence-electron chi connectivity index (χ2n) is 6.04. The first-order valence-corrected chi connectivity index (χ1v) is 9.98. The molecule has 27 heavy (non-hydrogen) atoms. The molecule has 0 fully saturated rings. The summed E-state index contributed by atoms with van der Waals surface area (Å²) < 4.78 is 16.3. The van der Waals surface area contributed by atoms with Crippen LogP contribution in [0.3, 0.4) is 0 Å². The van der Waals surface area contributed by atoms with Gasteiger partial charge in [0.05, 0.1) is 36.5 Å². The van der Waals surface area contributed by atoms with Crippen LogP contribution < -0.4 is 4.74 Å². The van der Waals surface area contributed by atoms with Crippen LogP contribution in [0.5, 0.6) is 5.75 Å². The van der Waals surface area contributed by atoms with Crippen LogP contribution in [-0.2, 0) is 15.2 Å². The molecule has 0 aliphatic heterocycles. The number of thioether (sulfide) groups is 1. The van der Waals surface area contributed by atoms with Crippen molar-refractivity contribution < 1.29 is 14.2 Å². The Hall–Kier alpha value is -2.09. The van der Waals surface area contributed by atoms with Crippen LogP contribution in [0.25, 0.3) is 11.0 Å². The predicted octanol–water partition coefficient (Wildman–Crippen LogP) is 3.99. The Morgan fingerprint density at radius 3 is 2.81 bits per heavy atom. The second-order valence-corrected chi connectivity index (χ2v) is 7.00. The third-order valence-electron chi connectivity index (χ3n) is 4.09. The number of imidazole rings is 1. The normalized spacial score (nSPS) is 11.2. The lowest BCUT2D eigenvalue weighted by atomic mass is 10.2. The number of para-hydroxylation sites is 2. The molecule has 144 valence electrons. The number of hydrogen-bond acceptors (Lipinski definition) is 6. The molecule has 0 atom stereocenters. The number of aromatic amines is 1. The minimum atomic E-state index is 0.619. The maximum Gasteiger partial charge on any atom is 0.166 e. The zero-order chi connectivity index (χ0) is 18.9. The van der Waals surface area contributed by atoms with Crippen molar-refractivity contribution in [3.8, 4) is 5.75 Å². The van der Waals surface area contributed by atoms with Gasteiger partial charge in [0.2, 0.25) is 0 Å². The van der Waals surface area contributed by atoms with Crippen LogP contribution in [0, 0.1) is 6.92 Å². The molecule has 0 radical (unpaired) electrons. The maximum atomic E-state index is 5.90. The fourth-order valence-electron chi connectivity index (χ4n) is 2.58. The highest BCUT2D eigenvalue weighted by Gasteiger charge is 2.09. The molecule has 0 aliphatic carbocycles. The average molecular weight is 388 g/mol. The van der Waals surface area contributed by atoms with Crippen molar-refractivity contribution in [1.29, 1.82) is 0 Å². The van der Waals surface area contributed by atoms with Crippen LogP contribution in [0.15, 0.2) is 41.7 Å². The molecule has 2 heterocycles. The van der Waals surface area contributed by atoms with Crippen molar-refractivity contribution in [2.24, 2.45) is 0 Å². The van der Waals surface area contributed by atoms with E-state index in [2.05, 4.69) is 15.0 Å². The molecule has 2 aromatic heterocycles. The molecule has 3 aromatic rings. The van der Waals surface area contributed by atoms with Crippen molar-refractivity contribution in [3.05, 3.63) is 47.8 Å². The first-order valence-electron chi connectivity index (χ1n) is 8.99. The van der Waals surface area contributed by atoms with Gasteiger partial charge in [-0.2, -0.15) is 0 Å². The number of methoxy groups -OCH3 is 1. The molecule has 0 aliphatic rings. The van der Waals surface area contributed by atoms with Gasteiger partial charge in [-0.15, -0.1) is 0 Å². The number of ether oxygens (including phenoxy) is 3. The molecule has 0 bridgehead atoms.